The molecule has 2 unspecified atom stereocenters. The fourth-order valence-corrected chi connectivity index (χ4v) is 2.92. The van der Waals surface area contributed by atoms with Gasteiger partial charge in [0, 0.05) is 18.0 Å². The number of hydrogen-bond acceptors (Lipinski definition) is 2. The summed E-state index contributed by atoms with van der Waals surface area (Å²) in [7, 11) is 0. The Hall–Kier alpha value is -0.860. The third-order valence-electron chi connectivity index (χ3n) is 4.74. The second-order valence-electron chi connectivity index (χ2n) is 5.75. The first-order valence-corrected chi connectivity index (χ1v) is 7.64. The Morgan fingerprint density at radius 2 is 1.84 bits per heavy atom. The van der Waals surface area contributed by atoms with Crippen LogP contribution in [0.2, 0.25) is 0 Å². The zero-order valence-corrected chi connectivity index (χ0v) is 12.5. The SMILES string of the molecule is CCC1NCC(CC)(CC)COC1c1ccccc1. The van der Waals surface area contributed by atoms with E-state index in [0.717, 1.165) is 19.6 Å². The van der Waals surface area contributed by atoms with Crippen LogP contribution in [0.25, 0.3) is 0 Å². The highest BCUT2D eigenvalue weighted by Gasteiger charge is 2.35. The molecule has 2 heteroatoms. The molecule has 2 rings (SSSR count). The van der Waals surface area contributed by atoms with E-state index in [2.05, 4.69) is 56.4 Å². The van der Waals surface area contributed by atoms with Crippen LogP contribution in [0.1, 0.15) is 51.7 Å². The van der Waals surface area contributed by atoms with Crippen molar-refractivity contribution in [2.45, 2.75) is 52.2 Å². The Kier molecular flexibility index (Phi) is 5.00. The van der Waals surface area contributed by atoms with Gasteiger partial charge in [-0.05, 0) is 24.8 Å². The normalized spacial score (nSPS) is 26.9. The van der Waals surface area contributed by atoms with E-state index < -0.39 is 0 Å². The summed E-state index contributed by atoms with van der Waals surface area (Å²) in [6, 6.07) is 11.0. The van der Waals surface area contributed by atoms with Gasteiger partial charge in [0.2, 0.25) is 0 Å². The van der Waals surface area contributed by atoms with Crippen molar-refractivity contribution in [2.75, 3.05) is 13.2 Å². The highest BCUT2D eigenvalue weighted by molar-refractivity contribution is 5.19. The minimum absolute atomic E-state index is 0.186. The molecule has 0 aliphatic carbocycles. The molecule has 2 nitrogen and oxygen atoms in total. The summed E-state index contributed by atoms with van der Waals surface area (Å²) in [5.41, 5.74) is 1.60. The molecular weight excluding hydrogens is 234 g/mol. The minimum atomic E-state index is 0.186. The summed E-state index contributed by atoms with van der Waals surface area (Å²) in [6.45, 7) is 8.73. The van der Waals surface area contributed by atoms with Gasteiger partial charge in [0.25, 0.3) is 0 Å². The molecular formula is C17H27NO. The first-order chi connectivity index (χ1) is 9.24. The van der Waals surface area contributed by atoms with E-state index in [4.69, 9.17) is 4.74 Å². The number of benzene rings is 1. The van der Waals surface area contributed by atoms with E-state index in [1.165, 1.54) is 18.4 Å². The molecule has 0 saturated carbocycles. The predicted molar refractivity (Wildman–Crippen MR) is 80.2 cm³/mol. The molecule has 0 spiro atoms. The summed E-state index contributed by atoms with van der Waals surface area (Å²) in [5.74, 6) is 0. The molecule has 0 amide bonds. The lowest BCUT2D eigenvalue weighted by atomic mass is 9.83. The van der Waals surface area contributed by atoms with Crippen LogP contribution in [0, 0.1) is 5.41 Å². The van der Waals surface area contributed by atoms with Gasteiger partial charge in [-0.3, -0.25) is 0 Å². The topological polar surface area (TPSA) is 21.3 Å². The second-order valence-corrected chi connectivity index (χ2v) is 5.75. The summed E-state index contributed by atoms with van der Waals surface area (Å²) < 4.78 is 6.33. The maximum atomic E-state index is 6.33. The molecule has 0 radical (unpaired) electrons. The molecule has 1 aromatic rings. The fourth-order valence-electron chi connectivity index (χ4n) is 2.92. The van der Waals surface area contributed by atoms with E-state index in [1.807, 2.05) is 0 Å². The molecule has 0 aromatic heterocycles. The van der Waals surface area contributed by atoms with Crippen molar-refractivity contribution in [3.63, 3.8) is 0 Å². The fraction of sp³-hybridized carbons (Fsp3) is 0.647. The van der Waals surface area contributed by atoms with Crippen LogP contribution in [-0.4, -0.2) is 19.2 Å². The third-order valence-corrected chi connectivity index (χ3v) is 4.74. The van der Waals surface area contributed by atoms with Crippen molar-refractivity contribution in [1.29, 1.82) is 0 Å². The quantitative estimate of drug-likeness (QED) is 0.886. The van der Waals surface area contributed by atoms with Crippen molar-refractivity contribution >= 4 is 0 Å². The summed E-state index contributed by atoms with van der Waals surface area (Å²) in [6.07, 6.45) is 3.64. The van der Waals surface area contributed by atoms with Gasteiger partial charge in [0.15, 0.2) is 0 Å². The lowest BCUT2D eigenvalue weighted by Gasteiger charge is -2.29. The highest BCUT2D eigenvalue weighted by atomic mass is 16.5. The molecule has 1 aliphatic rings. The van der Waals surface area contributed by atoms with Gasteiger partial charge in [-0.2, -0.15) is 0 Å². The Morgan fingerprint density at radius 3 is 2.42 bits per heavy atom. The van der Waals surface area contributed by atoms with Gasteiger partial charge < -0.3 is 10.1 Å². The molecule has 1 aromatic carbocycles. The highest BCUT2D eigenvalue weighted by Crippen LogP contribution is 2.34. The first kappa shape index (κ1) is 14.5. The molecule has 19 heavy (non-hydrogen) atoms. The average Bonchev–Trinajstić information content (AvgIpc) is 2.68. The van der Waals surface area contributed by atoms with Crippen molar-refractivity contribution in [1.82, 2.24) is 5.32 Å². The number of nitrogens with one attached hydrogen (secondary N) is 1. The van der Waals surface area contributed by atoms with Gasteiger partial charge in [-0.25, -0.2) is 0 Å². The standard InChI is InChI=1S/C17H27NO/c1-4-15-16(14-10-8-7-9-11-14)19-13-17(5-2,6-3)12-18-15/h7-11,15-16,18H,4-6,12-13H2,1-3H3. The molecule has 1 saturated heterocycles. The smallest absolute Gasteiger partial charge is 0.0977 e. The first-order valence-electron chi connectivity index (χ1n) is 7.64. The van der Waals surface area contributed by atoms with Crippen LogP contribution in [0.5, 0.6) is 0 Å². The van der Waals surface area contributed by atoms with Crippen LogP contribution < -0.4 is 5.32 Å². The van der Waals surface area contributed by atoms with Gasteiger partial charge in [-0.1, -0.05) is 51.1 Å². The Labute approximate surface area is 117 Å². The lowest BCUT2D eigenvalue weighted by molar-refractivity contribution is -0.00323. The number of hydrogen-bond donors (Lipinski definition) is 1. The summed E-state index contributed by atoms with van der Waals surface area (Å²) in [5, 5.41) is 3.75. The van der Waals surface area contributed by atoms with Crippen molar-refractivity contribution in [3.8, 4) is 0 Å². The molecule has 1 aliphatic heterocycles. The monoisotopic (exact) mass is 261 g/mol. The maximum absolute atomic E-state index is 6.33. The van der Waals surface area contributed by atoms with E-state index in [-0.39, 0.29) is 6.10 Å². The predicted octanol–water partition coefficient (Wildman–Crippen LogP) is 3.93. The van der Waals surface area contributed by atoms with Crippen LogP contribution in [0.4, 0.5) is 0 Å². The molecule has 0 bridgehead atoms. The van der Waals surface area contributed by atoms with Crippen LogP contribution in [0.15, 0.2) is 30.3 Å². The van der Waals surface area contributed by atoms with Crippen molar-refractivity contribution in [3.05, 3.63) is 35.9 Å². The van der Waals surface area contributed by atoms with Gasteiger partial charge >= 0.3 is 0 Å². The Bertz CT molecular complexity index is 372. The Balaban J connectivity index is 2.19. The number of rotatable bonds is 4. The molecule has 2 atom stereocenters. The average molecular weight is 261 g/mol. The van der Waals surface area contributed by atoms with E-state index >= 15 is 0 Å². The lowest BCUT2D eigenvalue weighted by Crippen LogP contribution is -2.39. The zero-order chi connectivity index (χ0) is 13.7. The van der Waals surface area contributed by atoms with E-state index in [9.17, 15) is 0 Å². The molecule has 1 fully saturated rings. The molecule has 1 N–H and O–H groups in total. The number of ether oxygens (including phenoxy) is 1. The second kappa shape index (κ2) is 6.53. The van der Waals surface area contributed by atoms with E-state index in [0.29, 0.717) is 11.5 Å². The van der Waals surface area contributed by atoms with E-state index in [1.54, 1.807) is 0 Å². The largest absolute Gasteiger partial charge is 0.371 e. The van der Waals surface area contributed by atoms with Gasteiger partial charge in [0.05, 0.1) is 12.7 Å². The zero-order valence-electron chi connectivity index (χ0n) is 12.5. The maximum Gasteiger partial charge on any atom is 0.0977 e. The van der Waals surface area contributed by atoms with Crippen LogP contribution >= 0.6 is 0 Å². The van der Waals surface area contributed by atoms with Crippen molar-refractivity contribution < 1.29 is 4.74 Å². The van der Waals surface area contributed by atoms with Crippen molar-refractivity contribution in [2.24, 2.45) is 5.41 Å². The van der Waals surface area contributed by atoms with Crippen LogP contribution in [0.3, 0.4) is 0 Å². The summed E-state index contributed by atoms with van der Waals surface area (Å²) in [4.78, 5) is 0. The van der Waals surface area contributed by atoms with Gasteiger partial charge in [-0.15, -0.1) is 0 Å². The third kappa shape index (κ3) is 3.18. The molecule has 106 valence electrons. The molecule has 1 heterocycles. The Morgan fingerprint density at radius 1 is 1.16 bits per heavy atom. The van der Waals surface area contributed by atoms with Crippen LogP contribution in [-0.2, 0) is 4.74 Å². The van der Waals surface area contributed by atoms with Gasteiger partial charge in [0.1, 0.15) is 0 Å². The summed E-state index contributed by atoms with van der Waals surface area (Å²) >= 11 is 0. The minimum Gasteiger partial charge on any atom is -0.371 e.